The van der Waals surface area contributed by atoms with Gasteiger partial charge in [-0.15, -0.1) is 0 Å². The van der Waals surface area contributed by atoms with Crippen LogP contribution < -0.4 is 39.2 Å². The Kier molecular flexibility index (Phi) is 11.5. The van der Waals surface area contributed by atoms with Gasteiger partial charge in [-0.3, -0.25) is 14.4 Å². The normalized spacial score (nSPS) is 11.8. The van der Waals surface area contributed by atoms with Crippen LogP contribution in [0.3, 0.4) is 0 Å². The minimum absolute atomic E-state index is 0.0232. The molecule has 0 radical (unpaired) electrons. The van der Waals surface area contributed by atoms with Crippen LogP contribution in [0.1, 0.15) is 12.5 Å². The first-order valence-corrected chi connectivity index (χ1v) is 16.0. The van der Waals surface area contributed by atoms with E-state index >= 15 is 0 Å². The van der Waals surface area contributed by atoms with Crippen molar-refractivity contribution in [2.45, 2.75) is 24.8 Å². The van der Waals surface area contributed by atoms with E-state index < -0.39 is 46.5 Å². The van der Waals surface area contributed by atoms with E-state index in [-0.39, 0.29) is 39.7 Å². The van der Waals surface area contributed by atoms with Crippen LogP contribution in [0.5, 0.6) is 28.7 Å². The largest absolute Gasteiger partial charge is 0.496 e. The molecule has 1 unspecified atom stereocenters. The molecule has 1 heterocycles. The quantitative estimate of drug-likeness (QED) is 0.175. The number of carbonyl (C=O) groups is 2. The summed E-state index contributed by atoms with van der Waals surface area (Å²) in [4.78, 5) is 39.5. The topological polar surface area (TPSA) is 178 Å². The Balaban J connectivity index is 1.64. The highest BCUT2D eigenvalue weighted by Crippen LogP contribution is 2.39. The van der Waals surface area contributed by atoms with Crippen molar-refractivity contribution in [2.24, 2.45) is 0 Å². The number of esters is 1. The fourth-order valence-corrected chi connectivity index (χ4v) is 5.80. The van der Waals surface area contributed by atoms with Gasteiger partial charge in [-0.2, -0.15) is 4.72 Å². The van der Waals surface area contributed by atoms with E-state index in [4.69, 9.17) is 32.8 Å². The second-order valence-corrected chi connectivity index (χ2v) is 11.9. The summed E-state index contributed by atoms with van der Waals surface area (Å²) in [6.45, 7) is 2.15. The second-order valence-electron chi connectivity index (χ2n) is 10.2. The Morgan fingerprint density at radius 1 is 0.875 bits per heavy atom. The molecule has 0 spiro atoms. The monoisotopic (exact) mass is 684 g/mol. The summed E-state index contributed by atoms with van der Waals surface area (Å²) in [7, 11) is 1.58. The van der Waals surface area contributed by atoms with E-state index in [0.717, 1.165) is 5.56 Å². The number of hydrogen-bond acceptors (Lipinski definition) is 12. The molecule has 48 heavy (non-hydrogen) atoms. The highest BCUT2D eigenvalue weighted by Gasteiger charge is 2.28. The average Bonchev–Trinajstić information content (AvgIpc) is 3.08. The Bertz CT molecular complexity index is 1960. The van der Waals surface area contributed by atoms with Gasteiger partial charge in [-0.1, -0.05) is 17.7 Å². The van der Waals surface area contributed by atoms with Gasteiger partial charge in [0.1, 0.15) is 28.5 Å². The molecule has 1 amide bonds. The minimum atomic E-state index is -4.16. The van der Waals surface area contributed by atoms with Crippen LogP contribution in [0.2, 0.25) is 0 Å². The summed E-state index contributed by atoms with van der Waals surface area (Å²) in [6.07, 6.45) is 0. The number of rotatable bonds is 15. The molecule has 0 aliphatic heterocycles. The van der Waals surface area contributed by atoms with E-state index in [2.05, 4.69) is 10.0 Å². The number of carbonyl (C=O) groups excluding carboxylic acids is 2. The molecular formula is C33H36N2O12S. The van der Waals surface area contributed by atoms with Gasteiger partial charge in [-0.25, -0.2) is 8.42 Å². The molecule has 3 aromatic carbocycles. The number of ether oxygens (including phenoxy) is 6. The van der Waals surface area contributed by atoms with Gasteiger partial charge >= 0.3 is 5.97 Å². The molecule has 14 nitrogen and oxygen atoms in total. The third-order valence-electron chi connectivity index (χ3n) is 7.04. The number of amides is 1. The van der Waals surface area contributed by atoms with Gasteiger partial charge < -0.3 is 38.2 Å². The van der Waals surface area contributed by atoms with Gasteiger partial charge in [0.25, 0.3) is 5.91 Å². The molecule has 0 saturated carbocycles. The standard InChI is InChI=1S/C33H36N2O12S/c1-7-45-33(38)23(35-48(39,40)22-11-8-19(2)9-12-22)17-34-28(36)18-46-32-30(37)29-26(44-6)15-21(41-3)16-27(29)47-31(32)20-10-13-24(42-4)25(14-20)43-5/h8-16,23,35H,7,17-18H2,1-6H3,(H,34,36). The number of aryl methyl sites for hydroxylation is 1. The average molecular weight is 685 g/mol. The first-order chi connectivity index (χ1) is 23.0. The highest BCUT2D eigenvalue weighted by molar-refractivity contribution is 7.89. The third kappa shape index (κ3) is 7.98. The van der Waals surface area contributed by atoms with Crippen molar-refractivity contribution in [3.05, 3.63) is 70.4 Å². The summed E-state index contributed by atoms with van der Waals surface area (Å²) in [5.74, 6) is -0.776. The zero-order valence-corrected chi connectivity index (χ0v) is 28.0. The minimum Gasteiger partial charge on any atom is -0.496 e. The molecule has 4 rings (SSSR count). The Hall–Kier alpha value is -5.28. The van der Waals surface area contributed by atoms with Crippen LogP contribution in [0, 0.1) is 6.92 Å². The molecule has 0 saturated heterocycles. The first-order valence-electron chi connectivity index (χ1n) is 14.6. The Morgan fingerprint density at radius 2 is 1.56 bits per heavy atom. The van der Waals surface area contributed by atoms with Gasteiger partial charge in [0.15, 0.2) is 23.9 Å². The molecule has 1 atom stereocenters. The summed E-state index contributed by atoms with van der Waals surface area (Å²) < 4.78 is 66.6. The molecular weight excluding hydrogens is 648 g/mol. The van der Waals surface area contributed by atoms with Crippen molar-refractivity contribution in [3.63, 3.8) is 0 Å². The number of nitrogens with one attached hydrogen (secondary N) is 2. The number of fused-ring (bicyclic) bond motifs is 1. The molecule has 15 heteroatoms. The van der Waals surface area contributed by atoms with Gasteiger partial charge in [0.05, 0.1) is 39.9 Å². The fraction of sp³-hybridized carbons (Fsp3) is 0.303. The van der Waals surface area contributed by atoms with Gasteiger partial charge in [0.2, 0.25) is 21.2 Å². The van der Waals surface area contributed by atoms with Crippen LogP contribution in [0.25, 0.3) is 22.3 Å². The third-order valence-corrected chi connectivity index (χ3v) is 8.53. The molecule has 2 N–H and O–H groups in total. The lowest BCUT2D eigenvalue weighted by atomic mass is 10.1. The predicted octanol–water partition coefficient (Wildman–Crippen LogP) is 3.21. The second kappa shape index (κ2) is 15.5. The van der Waals surface area contributed by atoms with Crippen LogP contribution in [0.4, 0.5) is 0 Å². The molecule has 1 aromatic heterocycles. The summed E-state index contributed by atoms with van der Waals surface area (Å²) >= 11 is 0. The van der Waals surface area contributed by atoms with Crippen molar-refractivity contribution in [2.75, 3.05) is 48.2 Å². The fourth-order valence-electron chi connectivity index (χ4n) is 4.61. The zero-order chi connectivity index (χ0) is 35.0. The van der Waals surface area contributed by atoms with Crippen molar-refractivity contribution >= 4 is 32.9 Å². The van der Waals surface area contributed by atoms with Crippen molar-refractivity contribution in [1.29, 1.82) is 0 Å². The van der Waals surface area contributed by atoms with Crippen LogP contribution >= 0.6 is 0 Å². The van der Waals surface area contributed by atoms with Gasteiger partial charge in [0, 0.05) is 24.2 Å². The van der Waals surface area contributed by atoms with Crippen molar-refractivity contribution in [3.8, 4) is 40.1 Å². The summed E-state index contributed by atoms with van der Waals surface area (Å²) in [6, 6.07) is 12.3. The van der Waals surface area contributed by atoms with Crippen molar-refractivity contribution in [1.82, 2.24) is 10.0 Å². The summed E-state index contributed by atoms with van der Waals surface area (Å²) in [5, 5.41) is 2.49. The van der Waals surface area contributed by atoms with Crippen LogP contribution in [-0.4, -0.2) is 74.5 Å². The van der Waals surface area contributed by atoms with E-state index in [1.54, 1.807) is 44.2 Å². The molecule has 0 bridgehead atoms. The van der Waals surface area contributed by atoms with Gasteiger partial charge in [-0.05, 0) is 44.2 Å². The van der Waals surface area contributed by atoms with E-state index in [1.165, 1.54) is 52.7 Å². The Morgan fingerprint density at radius 3 is 2.19 bits per heavy atom. The zero-order valence-electron chi connectivity index (χ0n) is 27.2. The van der Waals surface area contributed by atoms with Crippen LogP contribution in [0.15, 0.2) is 68.7 Å². The molecule has 0 aliphatic carbocycles. The molecule has 4 aromatic rings. The number of benzene rings is 3. The lowest BCUT2D eigenvalue weighted by molar-refractivity contribution is -0.145. The van der Waals surface area contributed by atoms with Crippen molar-refractivity contribution < 1.29 is 50.8 Å². The van der Waals surface area contributed by atoms with E-state index in [1.807, 2.05) is 0 Å². The Labute approximate surface area is 276 Å². The molecule has 0 fully saturated rings. The predicted molar refractivity (Wildman–Crippen MR) is 175 cm³/mol. The number of hydrogen-bond donors (Lipinski definition) is 2. The maximum atomic E-state index is 13.9. The lowest BCUT2D eigenvalue weighted by Crippen LogP contribution is -2.49. The maximum absolute atomic E-state index is 13.9. The SMILES string of the molecule is CCOC(=O)C(CNC(=O)COc1c(-c2ccc(OC)c(OC)c2)oc2cc(OC)cc(OC)c2c1=O)NS(=O)(=O)c1ccc(C)cc1. The van der Waals surface area contributed by atoms with E-state index in [9.17, 15) is 22.8 Å². The summed E-state index contributed by atoms with van der Waals surface area (Å²) in [5.41, 5.74) is 0.673. The molecule has 256 valence electrons. The highest BCUT2D eigenvalue weighted by atomic mass is 32.2. The van der Waals surface area contributed by atoms with Crippen LogP contribution in [-0.2, 0) is 24.3 Å². The lowest BCUT2D eigenvalue weighted by Gasteiger charge is -2.18. The van der Waals surface area contributed by atoms with E-state index in [0.29, 0.717) is 22.8 Å². The number of methoxy groups -OCH3 is 4. The smallest absolute Gasteiger partial charge is 0.326 e. The number of sulfonamides is 1. The maximum Gasteiger partial charge on any atom is 0.326 e. The molecule has 0 aliphatic rings. The first kappa shape index (κ1) is 35.6.